The molecule has 3 aliphatic rings. The number of likely N-dealkylation sites (tertiary alicyclic amines) is 2. The molecule has 6 rings (SSSR count). The van der Waals surface area contributed by atoms with Crippen molar-refractivity contribution in [2.24, 2.45) is 5.41 Å². The molecular formula is C40H51ClN6O3. The Morgan fingerprint density at radius 2 is 1.58 bits per heavy atom. The van der Waals surface area contributed by atoms with Gasteiger partial charge in [-0.15, -0.1) is 0 Å². The van der Waals surface area contributed by atoms with Crippen LogP contribution in [0.3, 0.4) is 0 Å². The van der Waals surface area contributed by atoms with Gasteiger partial charge in [0.15, 0.2) is 0 Å². The molecule has 3 fully saturated rings. The quantitative estimate of drug-likeness (QED) is 0.245. The van der Waals surface area contributed by atoms with Crippen LogP contribution in [-0.4, -0.2) is 76.8 Å². The monoisotopic (exact) mass is 698 g/mol. The van der Waals surface area contributed by atoms with E-state index in [4.69, 9.17) is 26.1 Å². The van der Waals surface area contributed by atoms with Crippen molar-refractivity contribution in [3.63, 3.8) is 0 Å². The summed E-state index contributed by atoms with van der Waals surface area (Å²) >= 11 is 6.30. The second kappa shape index (κ2) is 14.8. The van der Waals surface area contributed by atoms with Crippen LogP contribution in [-0.2, 0) is 16.8 Å². The third kappa shape index (κ3) is 8.52. The number of hydrogen-bond acceptors (Lipinski definition) is 8. The van der Waals surface area contributed by atoms with Crippen molar-refractivity contribution in [1.82, 2.24) is 19.8 Å². The van der Waals surface area contributed by atoms with Gasteiger partial charge in [0.2, 0.25) is 5.95 Å². The summed E-state index contributed by atoms with van der Waals surface area (Å²) in [4.78, 5) is 28.9. The summed E-state index contributed by atoms with van der Waals surface area (Å²) in [6.07, 6.45) is 8.50. The van der Waals surface area contributed by atoms with Crippen molar-refractivity contribution in [2.75, 3.05) is 44.2 Å². The largest absolute Gasteiger partial charge is 0.487 e. The van der Waals surface area contributed by atoms with Gasteiger partial charge in [-0.3, -0.25) is 0 Å². The number of nitrogens with zero attached hydrogens (tertiary/aromatic N) is 6. The van der Waals surface area contributed by atoms with Gasteiger partial charge >= 0.3 is 6.09 Å². The molecule has 3 saturated heterocycles. The number of carbonyl (C=O) groups is 1. The van der Waals surface area contributed by atoms with E-state index in [2.05, 4.69) is 46.8 Å². The van der Waals surface area contributed by atoms with Crippen molar-refractivity contribution in [3.05, 3.63) is 82.1 Å². The summed E-state index contributed by atoms with van der Waals surface area (Å²) in [6.45, 7) is 16.2. The number of rotatable bonds is 7. The zero-order valence-electron chi connectivity index (χ0n) is 30.3. The maximum Gasteiger partial charge on any atom is 0.410 e. The number of carbonyl (C=O) groups excluding carboxylic acids is 1. The molecule has 0 N–H and O–H groups in total. The molecule has 0 atom stereocenters. The van der Waals surface area contributed by atoms with Crippen molar-refractivity contribution in [3.8, 4) is 11.8 Å². The zero-order chi connectivity index (χ0) is 35.5. The highest BCUT2D eigenvalue weighted by Gasteiger charge is 2.40. The Morgan fingerprint density at radius 3 is 2.22 bits per heavy atom. The van der Waals surface area contributed by atoms with E-state index in [9.17, 15) is 10.1 Å². The number of aromatic nitrogens is 2. The van der Waals surface area contributed by atoms with Crippen LogP contribution in [0.25, 0.3) is 0 Å². The molecule has 0 unspecified atom stereocenters. The van der Waals surface area contributed by atoms with E-state index in [1.807, 2.05) is 62.2 Å². The number of benzene rings is 2. The number of hydrogen-bond donors (Lipinski definition) is 0. The molecular weight excluding hydrogens is 648 g/mol. The Kier molecular flexibility index (Phi) is 10.6. The average molecular weight is 699 g/mol. The Morgan fingerprint density at radius 1 is 0.920 bits per heavy atom. The van der Waals surface area contributed by atoms with Crippen LogP contribution in [0.2, 0.25) is 5.02 Å². The van der Waals surface area contributed by atoms with Gasteiger partial charge in [-0.1, -0.05) is 37.6 Å². The fraction of sp³-hybridized carbons (Fsp3) is 0.550. The first-order chi connectivity index (χ1) is 23.8. The van der Waals surface area contributed by atoms with Crippen molar-refractivity contribution in [1.29, 1.82) is 5.26 Å². The molecule has 266 valence electrons. The lowest BCUT2D eigenvalue weighted by atomic mass is 9.71. The van der Waals surface area contributed by atoms with Gasteiger partial charge in [-0.2, -0.15) is 5.26 Å². The van der Waals surface area contributed by atoms with Crippen LogP contribution in [0, 0.1) is 16.7 Å². The van der Waals surface area contributed by atoms with Crippen LogP contribution < -0.4 is 9.64 Å². The lowest BCUT2D eigenvalue weighted by molar-refractivity contribution is 0.00486. The Balaban J connectivity index is 0.965. The number of amides is 1. The number of ether oxygens (including phenoxy) is 2. The minimum atomic E-state index is -0.452. The summed E-state index contributed by atoms with van der Waals surface area (Å²) < 4.78 is 11.7. The number of halogens is 1. The van der Waals surface area contributed by atoms with Crippen molar-refractivity contribution < 1.29 is 14.3 Å². The highest BCUT2D eigenvalue weighted by molar-refractivity contribution is 6.30. The number of anilines is 1. The van der Waals surface area contributed by atoms with E-state index in [1.54, 1.807) is 6.07 Å². The molecule has 0 aliphatic carbocycles. The maximum absolute atomic E-state index is 12.5. The van der Waals surface area contributed by atoms with E-state index in [-0.39, 0.29) is 11.5 Å². The summed E-state index contributed by atoms with van der Waals surface area (Å²) in [5, 5.41) is 9.95. The lowest BCUT2D eigenvalue weighted by Gasteiger charge is -2.49. The Hall–Kier alpha value is -3.87. The lowest BCUT2D eigenvalue weighted by Crippen LogP contribution is -2.52. The third-order valence-electron chi connectivity index (χ3n) is 11.0. The molecule has 1 aromatic heterocycles. The third-order valence-corrected chi connectivity index (χ3v) is 11.2. The molecule has 4 heterocycles. The highest BCUT2D eigenvalue weighted by atomic mass is 35.5. The Bertz CT molecular complexity index is 1670. The highest BCUT2D eigenvalue weighted by Crippen LogP contribution is 2.43. The fourth-order valence-corrected chi connectivity index (χ4v) is 7.94. The van der Waals surface area contributed by atoms with Crippen LogP contribution in [0.15, 0.2) is 54.7 Å². The van der Waals surface area contributed by atoms with Gasteiger partial charge in [-0.25, -0.2) is 14.8 Å². The standard InChI is InChI=1S/C40H51ClN6O3/c1-38(2,3)50-37(48)47-18-11-34(12-19-47)45-20-13-40(14-21-45)15-22-46(23-16-40)36-43-17-10-33(44-36)28-49-35-8-6-30(7-9-35)39(4,5)31-24-29(27-42)25-32(41)26-31/h6-10,17,24-26,34H,11-16,18-23,28H2,1-5H3. The minimum Gasteiger partial charge on any atom is -0.487 e. The predicted octanol–water partition coefficient (Wildman–Crippen LogP) is 7.99. The zero-order valence-corrected chi connectivity index (χ0v) is 31.0. The van der Waals surface area contributed by atoms with E-state index < -0.39 is 5.60 Å². The van der Waals surface area contributed by atoms with Crippen LogP contribution in [0.5, 0.6) is 5.75 Å². The first kappa shape index (κ1) is 35.9. The summed E-state index contributed by atoms with van der Waals surface area (Å²) in [6, 6.07) is 18.3. The van der Waals surface area contributed by atoms with Gasteiger partial charge < -0.3 is 24.2 Å². The van der Waals surface area contributed by atoms with Gasteiger partial charge in [0.05, 0.1) is 17.3 Å². The molecule has 1 amide bonds. The van der Waals surface area contributed by atoms with Crippen LogP contribution in [0.1, 0.15) is 95.5 Å². The molecule has 0 radical (unpaired) electrons. The topological polar surface area (TPSA) is 94.8 Å². The van der Waals surface area contributed by atoms with Crippen molar-refractivity contribution in [2.45, 2.75) is 96.8 Å². The smallest absolute Gasteiger partial charge is 0.410 e. The van der Waals surface area contributed by atoms with E-state index >= 15 is 0 Å². The van der Waals surface area contributed by atoms with E-state index in [0.29, 0.717) is 28.6 Å². The molecule has 3 aromatic rings. The molecule has 3 aliphatic heterocycles. The van der Waals surface area contributed by atoms with Gasteiger partial charge in [0, 0.05) is 48.9 Å². The van der Waals surface area contributed by atoms with Gasteiger partial charge in [0.25, 0.3) is 0 Å². The van der Waals surface area contributed by atoms with E-state index in [0.717, 1.165) is 93.5 Å². The van der Waals surface area contributed by atoms with Crippen LogP contribution in [0.4, 0.5) is 10.7 Å². The maximum atomic E-state index is 12.5. The normalized spacial score (nSPS) is 18.9. The van der Waals surface area contributed by atoms with Crippen LogP contribution >= 0.6 is 11.6 Å². The van der Waals surface area contributed by atoms with Gasteiger partial charge in [-0.05, 0) is 125 Å². The first-order valence-electron chi connectivity index (χ1n) is 18.1. The summed E-state index contributed by atoms with van der Waals surface area (Å²) in [5.41, 5.74) is 3.13. The SMILES string of the molecule is CC(C)(C)OC(=O)N1CCC(N2CCC3(CCN(c4nccc(COc5ccc(C(C)(C)c6cc(Cl)cc(C#N)c6)cc5)n4)CC3)CC2)CC1. The molecule has 0 saturated carbocycles. The summed E-state index contributed by atoms with van der Waals surface area (Å²) in [5.74, 6) is 1.55. The Labute approximate surface area is 302 Å². The molecule has 2 aromatic carbocycles. The number of piperidine rings is 3. The fourth-order valence-electron chi connectivity index (χ4n) is 7.71. The van der Waals surface area contributed by atoms with E-state index in [1.165, 1.54) is 12.8 Å². The second-order valence-electron chi connectivity index (χ2n) is 15.8. The first-order valence-corrected chi connectivity index (χ1v) is 18.4. The average Bonchev–Trinajstić information content (AvgIpc) is 3.11. The molecule has 1 spiro atoms. The molecule has 10 heteroatoms. The minimum absolute atomic E-state index is 0.180. The van der Waals surface area contributed by atoms with Crippen molar-refractivity contribution >= 4 is 23.6 Å². The molecule has 0 bridgehead atoms. The second-order valence-corrected chi connectivity index (χ2v) is 16.3. The summed E-state index contributed by atoms with van der Waals surface area (Å²) in [7, 11) is 0. The molecule has 50 heavy (non-hydrogen) atoms. The number of nitriles is 1. The predicted molar refractivity (Wildman–Crippen MR) is 197 cm³/mol. The van der Waals surface area contributed by atoms with Gasteiger partial charge in [0.1, 0.15) is 18.0 Å². The molecule has 9 nitrogen and oxygen atoms in total.